The highest BCUT2D eigenvalue weighted by Crippen LogP contribution is 2.38. The average Bonchev–Trinajstić information content (AvgIpc) is 2.71. The number of rotatable bonds is 6. The zero-order valence-electron chi connectivity index (χ0n) is 16.5. The predicted octanol–water partition coefficient (Wildman–Crippen LogP) is 1.84. The van der Waals surface area contributed by atoms with E-state index in [0.717, 1.165) is 14.2 Å². The van der Waals surface area contributed by atoms with E-state index in [1.165, 1.54) is 24.3 Å². The molecular formula is C21H24O8. The van der Waals surface area contributed by atoms with Crippen LogP contribution in [0.4, 0.5) is 0 Å². The molecule has 0 spiro atoms. The number of carbonyl (C=O) groups excluding carboxylic acids is 2. The van der Waals surface area contributed by atoms with Gasteiger partial charge in [0.05, 0.1) is 14.2 Å². The molecule has 2 rings (SSSR count). The van der Waals surface area contributed by atoms with Crippen LogP contribution in [0.25, 0.3) is 0 Å². The molecule has 2 aromatic carbocycles. The number of benzene rings is 2. The maximum Gasteiger partial charge on any atom is 0.339 e. The predicted molar refractivity (Wildman–Crippen MR) is 102 cm³/mol. The topological polar surface area (TPSA) is 134 Å². The SMILES string of the molecule is COC(=O)C(O)c1cc(C(C)(C)c2ccc(O)c(C(O)C(=O)OC)c2)ccc1O. The quantitative estimate of drug-likeness (QED) is 0.536. The normalized spacial score (nSPS) is 13.4. The number of methoxy groups -OCH3 is 2. The van der Waals surface area contributed by atoms with Crippen molar-refractivity contribution < 1.29 is 39.5 Å². The Labute approximate surface area is 168 Å². The maximum atomic E-state index is 11.7. The van der Waals surface area contributed by atoms with Crippen molar-refractivity contribution in [2.75, 3.05) is 14.2 Å². The fourth-order valence-electron chi connectivity index (χ4n) is 2.97. The maximum absolute atomic E-state index is 11.7. The molecule has 0 fully saturated rings. The van der Waals surface area contributed by atoms with Gasteiger partial charge < -0.3 is 29.9 Å². The summed E-state index contributed by atoms with van der Waals surface area (Å²) in [5.41, 5.74) is 0.457. The first kappa shape index (κ1) is 22.2. The van der Waals surface area contributed by atoms with E-state index in [0.29, 0.717) is 11.1 Å². The van der Waals surface area contributed by atoms with Crippen molar-refractivity contribution in [3.63, 3.8) is 0 Å². The van der Waals surface area contributed by atoms with E-state index in [9.17, 15) is 30.0 Å². The third kappa shape index (κ3) is 4.33. The number of phenolic OH excluding ortho intramolecular Hbond substituents is 2. The Morgan fingerprint density at radius 2 is 1.14 bits per heavy atom. The third-order valence-corrected chi connectivity index (χ3v) is 4.94. The van der Waals surface area contributed by atoms with Gasteiger partial charge in [-0.15, -0.1) is 0 Å². The van der Waals surface area contributed by atoms with Gasteiger partial charge in [0, 0.05) is 16.5 Å². The van der Waals surface area contributed by atoms with Crippen LogP contribution in [0.3, 0.4) is 0 Å². The Kier molecular flexibility index (Phi) is 6.51. The minimum Gasteiger partial charge on any atom is -0.508 e. The second-order valence-corrected chi connectivity index (χ2v) is 7.02. The van der Waals surface area contributed by atoms with Gasteiger partial charge in [-0.3, -0.25) is 0 Å². The van der Waals surface area contributed by atoms with E-state index in [-0.39, 0.29) is 22.6 Å². The summed E-state index contributed by atoms with van der Waals surface area (Å²) in [6.07, 6.45) is -3.32. The molecule has 2 aromatic rings. The van der Waals surface area contributed by atoms with Crippen molar-refractivity contribution in [1.29, 1.82) is 0 Å². The average molecular weight is 404 g/mol. The Morgan fingerprint density at radius 1 is 0.793 bits per heavy atom. The lowest BCUT2D eigenvalue weighted by molar-refractivity contribution is -0.151. The summed E-state index contributed by atoms with van der Waals surface area (Å²) >= 11 is 0. The van der Waals surface area contributed by atoms with E-state index in [1.54, 1.807) is 12.1 Å². The Hall–Kier alpha value is -3.10. The fourth-order valence-corrected chi connectivity index (χ4v) is 2.97. The number of hydrogen-bond acceptors (Lipinski definition) is 8. The van der Waals surface area contributed by atoms with Crippen molar-refractivity contribution >= 4 is 11.9 Å². The van der Waals surface area contributed by atoms with Gasteiger partial charge in [-0.05, 0) is 35.4 Å². The molecule has 0 aliphatic rings. The summed E-state index contributed by atoms with van der Waals surface area (Å²) in [5, 5.41) is 40.3. The van der Waals surface area contributed by atoms with Crippen LogP contribution in [0.15, 0.2) is 36.4 Å². The van der Waals surface area contributed by atoms with Crippen molar-refractivity contribution in [1.82, 2.24) is 0 Å². The van der Waals surface area contributed by atoms with Gasteiger partial charge in [-0.1, -0.05) is 26.0 Å². The molecule has 0 aliphatic heterocycles. The van der Waals surface area contributed by atoms with Crippen molar-refractivity contribution in [3.05, 3.63) is 58.7 Å². The molecule has 0 radical (unpaired) electrons. The number of carbonyl (C=O) groups is 2. The number of ether oxygens (including phenoxy) is 2. The molecule has 0 bridgehead atoms. The van der Waals surface area contributed by atoms with Crippen LogP contribution in [0, 0.1) is 0 Å². The molecular weight excluding hydrogens is 380 g/mol. The van der Waals surface area contributed by atoms with Gasteiger partial charge in [-0.25, -0.2) is 9.59 Å². The third-order valence-electron chi connectivity index (χ3n) is 4.94. The fraction of sp³-hybridized carbons (Fsp3) is 0.333. The van der Waals surface area contributed by atoms with Gasteiger partial charge in [-0.2, -0.15) is 0 Å². The number of aromatic hydroxyl groups is 2. The monoisotopic (exact) mass is 404 g/mol. The smallest absolute Gasteiger partial charge is 0.339 e. The molecule has 8 heteroatoms. The summed E-state index contributed by atoms with van der Waals surface area (Å²) in [6.45, 7) is 3.66. The zero-order valence-corrected chi connectivity index (χ0v) is 16.5. The lowest BCUT2D eigenvalue weighted by Crippen LogP contribution is -2.21. The van der Waals surface area contributed by atoms with Crippen LogP contribution < -0.4 is 0 Å². The van der Waals surface area contributed by atoms with E-state index >= 15 is 0 Å². The van der Waals surface area contributed by atoms with Crippen LogP contribution in [-0.4, -0.2) is 46.6 Å². The van der Waals surface area contributed by atoms with Crippen LogP contribution in [0.1, 0.15) is 48.3 Å². The second-order valence-electron chi connectivity index (χ2n) is 7.02. The summed E-state index contributed by atoms with van der Waals surface area (Å²) in [5.74, 6) is -2.36. The molecule has 2 unspecified atom stereocenters. The van der Waals surface area contributed by atoms with Gasteiger partial charge in [0.15, 0.2) is 12.2 Å². The molecule has 8 nitrogen and oxygen atoms in total. The Morgan fingerprint density at radius 3 is 1.45 bits per heavy atom. The molecule has 0 aliphatic carbocycles. The van der Waals surface area contributed by atoms with Gasteiger partial charge in [0.25, 0.3) is 0 Å². The first-order valence-corrected chi connectivity index (χ1v) is 8.73. The second kappa shape index (κ2) is 8.50. The zero-order chi connectivity index (χ0) is 21.9. The van der Waals surface area contributed by atoms with Crippen LogP contribution >= 0.6 is 0 Å². The highest BCUT2D eigenvalue weighted by Gasteiger charge is 2.30. The number of phenols is 2. The van der Waals surface area contributed by atoms with E-state index in [2.05, 4.69) is 9.47 Å². The highest BCUT2D eigenvalue weighted by atomic mass is 16.5. The van der Waals surface area contributed by atoms with E-state index < -0.39 is 29.6 Å². The molecule has 0 saturated carbocycles. The molecule has 29 heavy (non-hydrogen) atoms. The van der Waals surface area contributed by atoms with Gasteiger partial charge >= 0.3 is 11.9 Å². The summed E-state index contributed by atoms with van der Waals surface area (Å²) in [6, 6.07) is 8.88. The highest BCUT2D eigenvalue weighted by molar-refractivity contribution is 5.78. The molecule has 0 amide bonds. The van der Waals surface area contributed by atoms with Crippen LogP contribution in [-0.2, 0) is 24.5 Å². The number of aliphatic hydroxyl groups excluding tert-OH is 2. The Balaban J connectivity index is 2.53. The summed E-state index contributed by atoms with van der Waals surface area (Å²) < 4.78 is 9.04. The first-order chi connectivity index (χ1) is 13.5. The first-order valence-electron chi connectivity index (χ1n) is 8.73. The standard InChI is InChI=1S/C21H24O8/c1-21(2,11-5-7-15(22)13(9-11)17(24)19(26)28-3)12-6-8-16(23)14(10-12)18(25)20(27)29-4/h5-10,17-18,22-25H,1-4H3. The Bertz CT molecular complexity index is 845. The number of hydrogen-bond donors (Lipinski definition) is 4. The molecule has 0 saturated heterocycles. The molecule has 156 valence electrons. The van der Waals surface area contributed by atoms with Crippen LogP contribution in [0.5, 0.6) is 11.5 Å². The van der Waals surface area contributed by atoms with Crippen molar-refractivity contribution in [3.8, 4) is 11.5 Å². The van der Waals surface area contributed by atoms with Gasteiger partial charge in [0.2, 0.25) is 0 Å². The summed E-state index contributed by atoms with van der Waals surface area (Å²) in [4.78, 5) is 23.3. The lowest BCUT2D eigenvalue weighted by atomic mass is 9.76. The minimum atomic E-state index is -1.66. The summed E-state index contributed by atoms with van der Waals surface area (Å²) in [7, 11) is 2.25. The number of aliphatic hydroxyl groups is 2. The molecule has 2 atom stereocenters. The van der Waals surface area contributed by atoms with Crippen molar-refractivity contribution in [2.45, 2.75) is 31.5 Å². The molecule has 0 aromatic heterocycles. The lowest BCUT2D eigenvalue weighted by Gasteiger charge is -2.28. The van der Waals surface area contributed by atoms with Crippen LogP contribution in [0.2, 0.25) is 0 Å². The minimum absolute atomic E-state index is 0.0176. The largest absolute Gasteiger partial charge is 0.508 e. The number of esters is 2. The van der Waals surface area contributed by atoms with Gasteiger partial charge in [0.1, 0.15) is 11.5 Å². The molecule has 0 heterocycles. The van der Waals surface area contributed by atoms with E-state index in [4.69, 9.17) is 0 Å². The molecule has 4 N–H and O–H groups in total. The van der Waals surface area contributed by atoms with Crippen molar-refractivity contribution in [2.24, 2.45) is 0 Å². The van der Waals surface area contributed by atoms with E-state index in [1.807, 2.05) is 13.8 Å².